The van der Waals surface area contributed by atoms with E-state index in [1.54, 1.807) is 6.92 Å². The minimum Gasteiger partial charge on any atom is -0.369 e. The average Bonchev–Trinajstić information content (AvgIpc) is 2.68. The average molecular weight is 396 g/mol. The third-order valence-electron chi connectivity index (χ3n) is 5.99. The van der Waals surface area contributed by atoms with Gasteiger partial charge in [0.1, 0.15) is 12.0 Å². The van der Waals surface area contributed by atoms with Gasteiger partial charge in [-0.3, -0.25) is 15.0 Å². The number of nitro groups is 1. The Kier molecular flexibility index (Phi) is 5.52. The molecule has 0 aliphatic carbocycles. The first-order valence-corrected chi connectivity index (χ1v) is 10.2. The van der Waals surface area contributed by atoms with Gasteiger partial charge in [0.15, 0.2) is 0 Å². The molecule has 7 nitrogen and oxygen atoms in total. The number of hydrogen-bond acceptors (Lipinski definition) is 6. The number of aryl methyl sites for hydroxylation is 1. The first-order chi connectivity index (χ1) is 13.9. The van der Waals surface area contributed by atoms with Crippen LogP contribution in [0.1, 0.15) is 30.9 Å². The molecule has 3 heterocycles. The lowest BCUT2D eigenvalue weighted by molar-refractivity contribution is -0.385. The smallest absolute Gasteiger partial charge is 0.290 e. The molecule has 2 aromatic rings. The van der Waals surface area contributed by atoms with Crippen LogP contribution in [-0.2, 0) is 11.3 Å². The fraction of sp³-hybridized carbons (Fsp3) is 0.500. The number of benzene rings is 1. The van der Waals surface area contributed by atoms with Crippen LogP contribution < -0.4 is 4.90 Å². The fourth-order valence-corrected chi connectivity index (χ4v) is 4.62. The van der Waals surface area contributed by atoms with Crippen LogP contribution in [-0.4, -0.2) is 52.7 Å². The number of ether oxygens (including phenoxy) is 1. The number of pyridine rings is 1. The van der Waals surface area contributed by atoms with E-state index in [2.05, 4.69) is 52.0 Å². The second-order valence-electron chi connectivity index (χ2n) is 8.34. The van der Waals surface area contributed by atoms with Crippen LogP contribution in [0.3, 0.4) is 0 Å². The lowest BCUT2D eigenvalue weighted by atomic mass is 9.88. The van der Waals surface area contributed by atoms with Crippen LogP contribution in [0.4, 0.5) is 11.5 Å². The number of anilines is 1. The number of nitrogens with zero attached hydrogens (tertiary/aromatic N) is 4. The van der Waals surface area contributed by atoms with Gasteiger partial charge >= 0.3 is 0 Å². The Morgan fingerprint density at radius 3 is 2.66 bits per heavy atom. The molecule has 1 unspecified atom stereocenters. The van der Waals surface area contributed by atoms with Gasteiger partial charge in [0.2, 0.25) is 0 Å². The molecule has 2 fully saturated rings. The molecule has 1 aromatic carbocycles. The van der Waals surface area contributed by atoms with E-state index in [4.69, 9.17) is 4.74 Å². The summed E-state index contributed by atoms with van der Waals surface area (Å²) in [6.45, 7) is 8.44. The van der Waals surface area contributed by atoms with Gasteiger partial charge in [-0.2, -0.15) is 0 Å². The number of rotatable bonds is 4. The molecule has 0 amide bonds. The summed E-state index contributed by atoms with van der Waals surface area (Å²) in [5.41, 5.74) is 1.93. The van der Waals surface area contributed by atoms with E-state index in [0.717, 1.165) is 51.4 Å². The summed E-state index contributed by atoms with van der Waals surface area (Å²) in [7, 11) is 0. The van der Waals surface area contributed by atoms with E-state index >= 15 is 0 Å². The highest BCUT2D eigenvalue weighted by Crippen LogP contribution is 2.34. The largest absolute Gasteiger partial charge is 0.369 e. The molecule has 7 heteroatoms. The van der Waals surface area contributed by atoms with Crippen LogP contribution in [0.25, 0.3) is 0 Å². The maximum Gasteiger partial charge on any atom is 0.290 e. The van der Waals surface area contributed by atoms with Gasteiger partial charge in [-0.1, -0.05) is 30.3 Å². The molecule has 154 valence electrons. The summed E-state index contributed by atoms with van der Waals surface area (Å²) in [5, 5.41) is 11.0. The highest BCUT2D eigenvalue weighted by molar-refractivity contribution is 5.49. The minimum atomic E-state index is -0.379. The molecule has 29 heavy (non-hydrogen) atoms. The first kappa shape index (κ1) is 19.8. The fourth-order valence-electron chi connectivity index (χ4n) is 4.62. The van der Waals surface area contributed by atoms with Crippen molar-refractivity contribution in [3.05, 3.63) is 63.8 Å². The highest BCUT2D eigenvalue weighted by Gasteiger charge is 2.42. The van der Waals surface area contributed by atoms with Crippen LogP contribution in [0.5, 0.6) is 0 Å². The molecule has 0 radical (unpaired) electrons. The van der Waals surface area contributed by atoms with Crippen molar-refractivity contribution < 1.29 is 9.66 Å². The Balaban J connectivity index is 1.42. The van der Waals surface area contributed by atoms with Crippen molar-refractivity contribution in [3.8, 4) is 0 Å². The lowest BCUT2D eigenvalue weighted by Crippen LogP contribution is -2.59. The van der Waals surface area contributed by atoms with E-state index in [-0.39, 0.29) is 22.3 Å². The van der Waals surface area contributed by atoms with E-state index < -0.39 is 0 Å². The Labute approximate surface area is 171 Å². The summed E-state index contributed by atoms with van der Waals surface area (Å²) in [6, 6.07) is 12.4. The zero-order valence-corrected chi connectivity index (χ0v) is 17.1. The standard InChI is InChI=1S/C22H28N4O3/c1-17-12-21(23-13-20(17)26(27)28)25-10-8-22(9-11-25)16-24(14-18(2)29-22)15-19-6-4-3-5-7-19/h3-7,12-13,18H,8-11,14-16H2,1-2H3. The van der Waals surface area contributed by atoms with Crippen LogP contribution >= 0.6 is 0 Å². The van der Waals surface area contributed by atoms with Gasteiger partial charge in [0.05, 0.1) is 16.6 Å². The molecule has 1 spiro atoms. The van der Waals surface area contributed by atoms with E-state index in [1.165, 1.54) is 11.8 Å². The van der Waals surface area contributed by atoms with Crippen molar-refractivity contribution in [2.45, 2.75) is 44.9 Å². The minimum absolute atomic E-state index is 0.0724. The van der Waals surface area contributed by atoms with Crippen molar-refractivity contribution in [1.82, 2.24) is 9.88 Å². The summed E-state index contributed by atoms with van der Waals surface area (Å²) < 4.78 is 6.46. The van der Waals surface area contributed by atoms with Gasteiger partial charge in [-0.15, -0.1) is 0 Å². The Morgan fingerprint density at radius 2 is 2.00 bits per heavy atom. The number of hydrogen-bond donors (Lipinski definition) is 0. The monoisotopic (exact) mass is 396 g/mol. The summed E-state index contributed by atoms with van der Waals surface area (Å²) in [4.78, 5) is 19.7. The van der Waals surface area contributed by atoms with Gasteiger partial charge in [0.25, 0.3) is 5.69 Å². The van der Waals surface area contributed by atoms with Crippen molar-refractivity contribution >= 4 is 11.5 Å². The summed E-state index contributed by atoms with van der Waals surface area (Å²) in [6.07, 6.45) is 3.44. The van der Waals surface area contributed by atoms with E-state index in [1.807, 2.05) is 6.07 Å². The lowest BCUT2D eigenvalue weighted by Gasteiger charge is -2.49. The predicted octanol–water partition coefficient (Wildman–Crippen LogP) is 3.56. The maximum absolute atomic E-state index is 11.0. The molecule has 0 N–H and O–H groups in total. The normalized spacial score (nSPS) is 22.0. The third-order valence-corrected chi connectivity index (χ3v) is 5.99. The molecule has 2 aliphatic heterocycles. The third kappa shape index (κ3) is 4.41. The quantitative estimate of drug-likeness (QED) is 0.581. The van der Waals surface area contributed by atoms with E-state index in [0.29, 0.717) is 5.56 Å². The van der Waals surface area contributed by atoms with Crippen molar-refractivity contribution in [1.29, 1.82) is 0 Å². The second kappa shape index (κ2) is 8.08. The molecule has 0 saturated carbocycles. The SMILES string of the molecule is Cc1cc(N2CCC3(CC2)CN(Cc2ccccc2)CC(C)O3)ncc1[N+](=O)[O-]. The van der Waals surface area contributed by atoms with Crippen LogP contribution in [0, 0.1) is 17.0 Å². The van der Waals surface area contributed by atoms with Crippen LogP contribution in [0.15, 0.2) is 42.6 Å². The van der Waals surface area contributed by atoms with Gasteiger partial charge in [-0.25, -0.2) is 4.98 Å². The first-order valence-electron chi connectivity index (χ1n) is 10.2. The predicted molar refractivity (Wildman–Crippen MR) is 112 cm³/mol. The van der Waals surface area contributed by atoms with Crippen molar-refractivity contribution in [2.75, 3.05) is 31.1 Å². The van der Waals surface area contributed by atoms with Crippen molar-refractivity contribution in [2.24, 2.45) is 0 Å². The number of aromatic nitrogens is 1. The Hall–Kier alpha value is -2.51. The Morgan fingerprint density at radius 1 is 1.28 bits per heavy atom. The zero-order valence-electron chi connectivity index (χ0n) is 17.1. The number of morpholine rings is 1. The second-order valence-corrected chi connectivity index (χ2v) is 8.34. The van der Waals surface area contributed by atoms with Crippen molar-refractivity contribution in [3.63, 3.8) is 0 Å². The zero-order chi connectivity index (χ0) is 20.4. The highest BCUT2D eigenvalue weighted by atomic mass is 16.6. The summed E-state index contributed by atoms with van der Waals surface area (Å²) >= 11 is 0. The molecule has 2 aliphatic rings. The molecular weight excluding hydrogens is 368 g/mol. The summed E-state index contributed by atoms with van der Waals surface area (Å²) in [5.74, 6) is 0.813. The maximum atomic E-state index is 11.0. The molecule has 1 atom stereocenters. The molecular formula is C22H28N4O3. The van der Waals surface area contributed by atoms with Crippen LogP contribution in [0.2, 0.25) is 0 Å². The molecule has 0 bridgehead atoms. The molecule has 4 rings (SSSR count). The number of piperidine rings is 1. The van der Waals surface area contributed by atoms with Gasteiger partial charge in [-0.05, 0) is 38.3 Å². The molecule has 2 saturated heterocycles. The Bertz CT molecular complexity index is 866. The van der Waals surface area contributed by atoms with Gasteiger partial charge in [0, 0.05) is 38.3 Å². The molecule has 1 aromatic heterocycles. The van der Waals surface area contributed by atoms with Gasteiger partial charge < -0.3 is 9.64 Å². The van der Waals surface area contributed by atoms with E-state index in [9.17, 15) is 10.1 Å². The topological polar surface area (TPSA) is 71.7 Å².